The molecule has 29 heavy (non-hydrogen) atoms. The maximum absolute atomic E-state index is 13.2. The Morgan fingerprint density at radius 2 is 2.00 bits per heavy atom. The second kappa shape index (κ2) is 7.75. The predicted octanol–water partition coefficient (Wildman–Crippen LogP) is 2.83. The number of rotatable bonds is 6. The van der Waals surface area contributed by atoms with Gasteiger partial charge in [0.1, 0.15) is 11.4 Å². The van der Waals surface area contributed by atoms with Crippen molar-refractivity contribution in [2.75, 3.05) is 14.2 Å². The average Bonchev–Trinajstić information content (AvgIpc) is 3.06. The number of benzene rings is 1. The Morgan fingerprint density at radius 3 is 2.62 bits per heavy atom. The number of amides is 1. The van der Waals surface area contributed by atoms with Crippen LogP contribution < -0.4 is 14.8 Å². The van der Waals surface area contributed by atoms with E-state index in [2.05, 4.69) is 10.3 Å². The zero-order chi connectivity index (χ0) is 20.5. The lowest BCUT2D eigenvalue weighted by atomic mass is 9.75. The van der Waals surface area contributed by atoms with Crippen LogP contribution in [0.15, 0.2) is 42.6 Å². The van der Waals surface area contributed by atoms with E-state index in [0.717, 1.165) is 22.2 Å². The smallest absolute Gasteiger partial charge is 0.268 e. The van der Waals surface area contributed by atoms with Crippen LogP contribution in [0.4, 0.5) is 0 Å². The summed E-state index contributed by atoms with van der Waals surface area (Å²) in [6.45, 7) is 0. The summed E-state index contributed by atoms with van der Waals surface area (Å²) >= 11 is 0. The Labute approximate surface area is 169 Å². The highest BCUT2D eigenvalue weighted by atomic mass is 16.5. The number of hydrogen-bond acceptors (Lipinski definition) is 5. The van der Waals surface area contributed by atoms with Gasteiger partial charge < -0.3 is 24.5 Å². The highest BCUT2D eigenvalue weighted by Gasteiger charge is 2.36. The number of carbonyl (C=O) groups excluding carboxylic acids is 1. The second-order valence-electron chi connectivity index (χ2n) is 7.48. The summed E-state index contributed by atoms with van der Waals surface area (Å²) in [5.41, 5.74) is 2.42. The van der Waals surface area contributed by atoms with Gasteiger partial charge in [0.15, 0.2) is 0 Å². The van der Waals surface area contributed by atoms with E-state index in [1.54, 1.807) is 26.5 Å². The summed E-state index contributed by atoms with van der Waals surface area (Å²) in [7, 11) is 5.07. The molecule has 7 nitrogen and oxygen atoms in total. The third kappa shape index (κ3) is 3.65. The topological polar surface area (TPSA) is 85.6 Å². The third-order valence-electron chi connectivity index (χ3n) is 5.72. The van der Waals surface area contributed by atoms with Crippen LogP contribution in [0, 0.1) is 5.92 Å². The largest absolute Gasteiger partial charge is 0.497 e. The van der Waals surface area contributed by atoms with Crippen LogP contribution in [0.1, 0.15) is 34.9 Å². The Kier molecular flexibility index (Phi) is 5.15. The molecule has 0 unspecified atom stereocenters. The van der Waals surface area contributed by atoms with Crippen LogP contribution in [0.3, 0.4) is 0 Å². The van der Waals surface area contributed by atoms with Crippen LogP contribution in [0.2, 0.25) is 0 Å². The summed E-state index contributed by atoms with van der Waals surface area (Å²) < 4.78 is 12.3. The van der Waals surface area contributed by atoms with Crippen LogP contribution >= 0.6 is 0 Å². The minimum absolute atomic E-state index is 0.162. The Balaban J connectivity index is 1.62. The van der Waals surface area contributed by atoms with Crippen LogP contribution in [-0.2, 0) is 7.05 Å². The molecule has 1 atom stereocenters. The molecular weight excluding hydrogens is 370 g/mol. The van der Waals surface area contributed by atoms with Gasteiger partial charge in [0.25, 0.3) is 5.91 Å². The van der Waals surface area contributed by atoms with E-state index in [9.17, 15) is 9.90 Å². The third-order valence-corrected chi connectivity index (χ3v) is 5.72. The number of fused-ring (bicyclic) bond motifs is 1. The zero-order valence-corrected chi connectivity index (χ0v) is 16.8. The van der Waals surface area contributed by atoms with Gasteiger partial charge in [-0.2, -0.15) is 0 Å². The average molecular weight is 395 g/mol. The van der Waals surface area contributed by atoms with Crippen molar-refractivity contribution in [1.82, 2.24) is 14.9 Å². The maximum Gasteiger partial charge on any atom is 0.268 e. The summed E-state index contributed by atoms with van der Waals surface area (Å²) in [5.74, 6) is 1.28. The monoisotopic (exact) mass is 395 g/mol. The van der Waals surface area contributed by atoms with Crippen molar-refractivity contribution in [3.63, 3.8) is 0 Å². The molecule has 2 heterocycles. The number of carbonyl (C=O) groups is 1. The molecular formula is C22H25N3O4. The number of aromatic nitrogens is 2. The number of methoxy groups -OCH3 is 2. The number of hydrogen-bond donors (Lipinski definition) is 2. The molecule has 4 rings (SSSR count). The molecule has 3 aromatic rings. The summed E-state index contributed by atoms with van der Waals surface area (Å²) in [6.07, 6.45) is 2.73. The first kappa shape index (κ1) is 19.3. The Hall–Kier alpha value is -3.06. The molecule has 0 bridgehead atoms. The van der Waals surface area contributed by atoms with Gasteiger partial charge >= 0.3 is 0 Å². The molecule has 1 fully saturated rings. The number of pyridine rings is 1. The molecule has 2 aromatic heterocycles. The highest BCUT2D eigenvalue weighted by Crippen LogP contribution is 2.38. The molecule has 2 N–H and O–H groups in total. The van der Waals surface area contributed by atoms with Gasteiger partial charge in [-0.25, -0.2) is 4.98 Å². The molecule has 1 amide bonds. The minimum atomic E-state index is -0.310. The normalized spacial score (nSPS) is 19.4. The van der Waals surface area contributed by atoms with Crippen molar-refractivity contribution in [3.05, 3.63) is 53.9 Å². The lowest BCUT2D eigenvalue weighted by molar-refractivity contribution is 0.0233. The Morgan fingerprint density at radius 1 is 1.21 bits per heavy atom. The molecule has 152 valence electrons. The Bertz CT molecular complexity index is 1020. The van der Waals surface area contributed by atoms with Crippen LogP contribution in [0.5, 0.6) is 11.6 Å². The molecule has 0 spiro atoms. The highest BCUT2D eigenvalue weighted by molar-refractivity contribution is 5.99. The molecule has 1 saturated carbocycles. The molecule has 0 aliphatic heterocycles. The van der Waals surface area contributed by atoms with E-state index in [1.165, 1.54) is 0 Å². The number of aliphatic hydroxyl groups is 1. The number of nitrogens with zero attached hydrogens (tertiary/aromatic N) is 2. The van der Waals surface area contributed by atoms with E-state index in [4.69, 9.17) is 9.47 Å². The van der Waals surface area contributed by atoms with Crippen molar-refractivity contribution in [1.29, 1.82) is 0 Å². The molecule has 1 aliphatic carbocycles. The van der Waals surface area contributed by atoms with Gasteiger partial charge in [-0.1, -0.05) is 6.07 Å². The lowest BCUT2D eigenvalue weighted by Gasteiger charge is -2.38. The van der Waals surface area contributed by atoms with Gasteiger partial charge in [0.05, 0.1) is 26.4 Å². The number of aliphatic hydroxyl groups excluding tert-OH is 1. The van der Waals surface area contributed by atoms with E-state index in [-0.39, 0.29) is 24.0 Å². The quantitative estimate of drug-likeness (QED) is 0.670. The van der Waals surface area contributed by atoms with Gasteiger partial charge in [-0.15, -0.1) is 0 Å². The number of aryl methyl sites for hydroxylation is 1. The van der Waals surface area contributed by atoms with Gasteiger partial charge in [-0.3, -0.25) is 4.79 Å². The molecule has 1 aromatic carbocycles. The fourth-order valence-electron chi connectivity index (χ4n) is 3.96. The van der Waals surface area contributed by atoms with Gasteiger partial charge in [-0.05, 0) is 48.6 Å². The first-order valence-corrected chi connectivity index (χ1v) is 9.62. The van der Waals surface area contributed by atoms with Crippen LogP contribution in [0.25, 0.3) is 10.9 Å². The summed E-state index contributed by atoms with van der Waals surface area (Å²) in [6, 6.07) is 11.1. The van der Waals surface area contributed by atoms with Crippen molar-refractivity contribution in [2.24, 2.45) is 13.0 Å². The fourth-order valence-corrected chi connectivity index (χ4v) is 3.96. The maximum atomic E-state index is 13.2. The van der Waals surface area contributed by atoms with Crippen molar-refractivity contribution in [2.45, 2.75) is 25.0 Å². The number of nitrogens with one attached hydrogen (secondary N) is 1. The predicted molar refractivity (Wildman–Crippen MR) is 109 cm³/mol. The summed E-state index contributed by atoms with van der Waals surface area (Å²) in [4.78, 5) is 17.4. The number of ether oxygens (including phenoxy) is 2. The molecule has 7 heteroatoms. The van der Waals surface area contributed by atoms with E-state index in [1.807, 2.05) is 41.9 Å². The fraction of sp³-hybridized carbons (Fsp3) is 0.364. The second-order valence-corrected chi connectivity index (χ2v) is 7.48. The van der Waals surface area contributed by atoms with Gasteiger partial charge in [0.2, 0.25) is 5.88 Å². The minimum Gasteiger partial charge on any atom is -0.497 e. The van der Waals surface area contributed by atoms with E-state index in [0.29, 0.717) is 24.4 Å². The molecule has 1 aliphatic rings. The first-order chi connectivity index (χ1) is 14.0. The standard InChI is InChI=1S/C22H25N3O4/c1-25-18-6-5-17(28-2)10-14(18)11-19(25)22(27)24-21(15-8-16(26)9-15)13-4-7-20(29-3)23-12-13/h4-7,10-12,15-16,21,26H,8-9H2,1-3H3,(H,24,27)/t15?,16?,21-/m0/s1. The van der Waals surface area contributed by atoms with E-state index >= 15 is 0 Å². The first-order valence-electron chi connectivity index (χ1n) is 9.62. The molecule has 0 saturated heterocycles. The van der Waals surface area contributed by atoms with Crippen LogP contribution in [-0.4, -0.2) is 40.9 Å². The van der Waals surface area contributed by atoms with Crippen molar-refractivity contribution < 1.29 is 19.4 Å². The SMILES string of the molecule is COc1ccc2c(c1)cc(C(=O)N[C@@H](c1ccc(OC)nc1)C1CC(O)C1)n2C. The van der Waals surface area contributed by atoms with Crippen molar-refractivity contribution in [3.8, 4) is 11.6 Å². The van der Waals surface area contributed by atoms with Gasteiger partial charge in [0, 0.05) is 30.2 Å². The van der Waals surface area contributed by atoms with E-state index < -0.39 is 0 Å². The molecule has 0 radical (unpaired) electrons. The zero-order valence-electron chi connectivity index (χ0n) is 16.8. The lowest BCUT2D eigenvalue weighted by Crippen LogP contribution is -2.41. The van der Waals surface area contributed by atoms with Crippen molar-refractivity contribution >= 4 is 16.8 Å². The summed E-state index contributed by atoms with van der Waals surface area (Å²) in [5, 5.41) is 13.9.